The summed E-state index contributed by atoms with van der Waals surface area (Å²) in [6, 6.07) is 6.52. The van der Waals surface area contributed by atoms with Crippen LogP contribution in [0.25, 0.3) is 5.76 Å². The van der Waals surface area contributed by atoms with E-state index in [2.05, 4.69) is 5.32 Å². The minimum Gasteiger partial charge on any atom is -0.508 e. The summed E-state index contributed by atoms with van der Waals surface area (Å²) >= 11 is 0. The van der Waals surface area contributed by atoms with Gasteiger partial charge in [0.1, 0.15) is 17.8 Å². The molecule has 0 aromatic heterocycles. The topological polar surface area (TPSA) is 78.8 Å². The van der Waals surface area contributed by atoms with Crippen molar-refractivity contribution in [2.75, 3.05) is 0 Å². The van der Waals surface area contributed by atoms with E-state index in [1.54, 1.807) is 43.5 Å². The maximum Gasteiger partial charge on any atom is 0.336 e. The molecule has 0 aliphatic carbocycles. The van der Waals surface area contributed by atoms with Gasteiger partial charge in [-0.3, -0.25) is 0 Å². The zero-order valence-electron chi connectivity index (χ0n) is 11.3. The molecule has 5 nitrogen and oxygen atoms in total. The molecule has 5 heteroatoms. The Bertz CT molecular complexity index is 736. The monoisotopic (exact) mass is 283 g/mol. The van der Waals surface area contributed by atoms with E-state index < -0.39 is 5.97 Å². The van der Waals surface area contributed by atoms with Crippen LogP contribution >= 0.6 is 0 Å². The second-order valence-corrected chi connectivity index (χ2v) is 4.77. The highest BCUT2D eigenvalue weighted by Gasteiger charge is 2.25. The minimum absolute atomic E-state index is 0.162. The summed E-state index contributed by atoms with van der Waals surface area (Å²) in [7, 11) is 0. The van der Waals surface area contributed by atoms with Crippen molar-refractivity contribution < 1.29 is 19.7 Å². The van der Waals surface area contributed by atoms with Gasteiger partial charge in [0.15, 0.2) is 0 Å². The van der Waals surface area contributed by atoms with Crippen molar-refractivity contribution in [3.63, 3.8) is 0 Å². The molecule has 3 N–H and O–H groups in total. The number of benzene rings is 1. The number of aliphatic carboxylic acids is 1. The quantitative estimate of drug-likeness (QED) is 0.777. The number of carboxylic acid groups (broad SMARTS) is 1. The number of rotatable bonds is 2. The number of fused-ring (bicyclic) bond motifs is 1. The van der Waals surface area contributed by atoms with E-state index in [0.717, 1.165) is 5.56 Å². The van der Waals surface area contributed by atoms with Crippen molar-refractivity contribution in [2.24, 2.45) is 0 Å². The SMILES string of the molecule is CC1=CNC2=COC(c3ccc(O)cc3)=CC2=C1C(=O)O. The first-order valence-electron chi connectivity index (χ1n) is 6.36. The number of allylic oxidation sites excluding steroid dienone is 1. The lowest BCUT2D eigenvalue weighted by Gasteiger charge is -2.23. The van der Waals surface area contributed by atoms with Crippen LogP contribution in [0, 0.1) is 0 Å². The number of dihydropyridines is 1. The smallest absolute Gasteiger partial charge is 0.336 e. The third-order valence-corrected chi connectivity index (χ3v) is 3.34. The molecule has 2 heterocycles. The predicted molar refractivity (Wildman–Crippen MR) is 76.8 cm³/mol. The molecule has 21 heavy (non-hydrogen) atoms. The van der Waals surface area contributed by atoms with Gasteiger partial charge in [-0.2, -0.15) is 0 Å². The number of carboxylic acids is 1. The van der Waals surface area contributed by atoms with Crippen LogP contribution in [-0.2, 0) is 9.53 Å². The van der Waals surface area contributed by atoms with E-state index >= 15 is 0 Å². The second kappa shape index (κ2) is 4.86. The fourth-order valence-corrected chi connectivity index (χ4v) is 2.28. The van der Waals surface area contributed by atoms with E-state index in [1.807, 2.05) is 0 Å². The van der Waals surface area contributed by atoms with Crippen molar-refractivity contribution in [3.05, 3.63) is 70.8 Å². The van der Waals surface area contributed by atoms with Crippen molar-refractivity contribution in [1.82, 2.24) is 5.32 Å². The number of carbonyl (C=O) groups is 1. The first-order chi connectivity index (χ1) is 10.1. The minimum atomic E-state index is -0.977. The number of hydrogen-bond donors (Lipinski definition) is 3. The summed E-state index contributed by atoms with van der Waals surface area (Å²) < 4.78 is 5.54. The molecule has 0 atom stereocenters. The van der Waals surface area contributed by atoms with Crippen LogP contribution < -0.4 is 5.32 Å². The summed E-state index contributed by atoms with van der Waals surface area (Å²) in [5.74, 6) is -0.284. The molecule has 1 aromatic carbocycles. The van der Waals surface area contributed by atoms with Gasteiger partial charge in [0, 0.05) is 17.3 Å². The van der Waals surface area contributed by atoms with Crippen molar-refractivity contribution >= 4 is 11.7 Å². The second-order valence-electron chi connectivity index (χ2n) is 4.77. The number of nitrogens with one attached hydrogen (secondary N) is 1. The van der Waals surface area contributed by atoms with Crippen LogP contribution in [0.15, 0.2) is 65.2 Å². The van der Waals surface area contributed by atoms with Gasteiger partial charge in [-0.15, -0.1) is 0 Å². The summed E-state index contributed by atoms with van der Waals surface area (Å²) in [6.45, 7) is 1.74. The van der Waals surface area contributed by atoms with Crippen molar-refractivity contribution in [2.45, 2.75) is 6.92 Å². The average molecular weight is 283 g/mol. The van der Waals surface area contributed by atoms with E-state index in [9.17, 15) is 15.0 Å². The molecule has 0 radical (unpaired) electrons. The van der Waals surface area contributed by atoms with Crippen LogP contribution in [0.2, 0.25) is 0 Å². The van der Waals surface area contributed by atoms with Gasteiger partial charge in [-0.05, 0) is 42.8 Å². The van der Waals surface area contributed by atoms with Crippen LogP contribution in [0.5, 0.6) is 5.75 Å². The largest absolute Gasteiger partial charge is 0.508 e. The van der Waals surface area contributed by atoms with Gasteiger partial charge in [0.05, 0.1) is 11.3 Å². The zero-order valence-corrected chi connectivity index (χ0v) is 11.3. The van der Waals surface area contributed by atoms with E-state index in [1.165, 1.54) is 6.26 Å². The van der Waals surface area contributed by atoms with Crippen LogP contribution in [0.1, 0.15) is 12.5 Å². The molecule has 0 amide bonds. The lowest BCUT2D eigenvalue weighted by molar-refractivity contribution is -0.132. The van der Waals surface area contributed by atoms with Gasteiger partial charge in [-0.25, -0.2) is 4.79 Å². The molecule has 3 rings (SSSR count). The zero-order chi connectivity index (χ0) is 15.0. The first kappa shape index (κ1) is 13.1. The number of ether oxygens (including phenoxy) is 1. The lowest BCUT2D eigenvalue weighted by Crippen LogP contribution is -2.21. The Morgan fingerprint density at radius 1 is 1.24 bits per heavy atom. The Kier molecular flexibility index (Phi) is 3.02. The van der Waals surface area contributed by atoms with Gasteiger partial charge in [-0.1, -0.05) is 0 Å². The maximum atomic E-state index is 11.5. The summed E-state index contributed by atoms with van der Waals surface area (Å²) in [5.41, 5.74) is 2.85. The molecule has 2 aliphatic rings. The molecular weight excluding hydrogens is 270 g/mol. The highest BCUT2D eigenvalue weighted by Crippen LogP contribution is 2.32. The fraction of sp³-hybridized carbons (Fsp3) is 0.0625. The fourth-order valence-electron chi connectivity index (χ4n) is 2.28. The van der Waals surface area contributed by atoms with Gasteiger partial charge < -0.3 is 20.3 Å². The van der Waals surface area contributed by atoms with Crippen LogP contribution in [-0.4, -0.2) is 16.2 Å². The molecule has 0 saturated heterocycles. The summed E-state index contributed by atoms with van der Waals surface area (Å²) in [4.78, 5) is 11.5. The van der Waals surface area contributed by atoms with E-state index in [4.69, 9.17) is 4.74 Å². The molecular formula is C16H13NO4. The number of hydrogen-bond acceptors (Lipinski definition) is 4. The van der Waals surface area contributed by atoms with Gasteiger partial charge >= 0.3 is 5.97 Å². The highest BCUT2D eigenvalue weighted by atomic mass is 16.5. The third-order valence-electron chi connectivity index (χ3n) is 3.34. The Morgan fingerprint density at radius 2 is 1.95 bits per heavy atom. The Balaban J connectivity index is 2.10. The predicted octanol–water partition coefficient (Wildman–Crippen LogP) is 2.49. The van der Waals surface area contributed by atoms with Crippen LogP contribution in [0.4, 0.5) is 0 Å². The van der Waals surface area contributed by atoms with Crippen molar-refractivity contribution in [3.8, 4) is 5.75 Å². The average Bonchev–Trinajstić information content (AvgIpc) is 2.46. The highest BCUT2D eigenvalue weighted by molar-refractivity contribution is 5.95. The Hall–Kier alpha value is -2.95. The van der Waals surface area contributed by atoms with E-state index in [0.29, 0.717) is 22.6 Å². The molecule has 0 spiro atoms. The maximum absolute atomic E-state index is 11.5. The molecule has 0 bridgehead atoms. The Labute approximate surface area is 121 Å². The summed E-state index contributed by atoms with van der Waals surface area (Å²) in [5, 5.41) is 21.7. The number of phenols is 1. The van der Waals surface area contributed by atoms with E-state index in [-0.39, 0.29) is 11.3 Å². The lowest BCUT2D eigenvalue weighted by atomic mass is 9.94. The molecule has 2 aliphatic heterocycles. The number of aromatic hydroxyl groups is 1. The molecule has 1 aromatic rings. The third kappa shape index (κ3) is 2.29. The Morgan fingerprint density at radius 3 is 2.62 bits per heavy atom. The normalized spacial score (nSPS) is 16.9. The standard InChI is InChI=1S/C16H13NO4/c1-9-7-17-13-8-21-14(6-12(13)15(9)16(19)20)10-2-4-11(18)5-3-10/h2-8,17-18H,1H3,(H,19,20). The van der Waals surface area contributed by atoms with Crippen LogP contribution in [0.3, 0.4) is 0 Å². The summed E-state index contributed by atoms with van der Waals surface area (Å²) in [6.07, 6.45) is 4.82. The molecule has 0 saturated carbocycles. The first-order valence-corrected chi connectivity index (χ1v) is 6.36. The van der Waals surface area contributed by atoms with Crippen molar-refractivity contribution in [1.29, 1.82) is 0 Å². The molecule has 0 unspecified atom stereocenters. The molecule has 106 valence electrons. The van der Waals surface area contributed by atoms with Gasteiger partial charge in [0.25, 0.3) is 0 Å². The number of phenolic OH excluding ortho intramolecular Hbond substituents is 1. The molecule has 0 fully saturated rings. The van der Waals surface area contributed by atoms with Gasteiger partial charge in [0.2, 0.25) is 0 Å².